The second-order valence-corrected chi connectivity index (χ2v) is 13.0. The molecule has 1 unspecified atom stereocenters. The highest BCUT2D eigenvalue weighted by Gasteiger charge is 2.39. The van der Waals surface area contributed by atoms with Crippen molar-refractivity contribution in [2.75, 3.05) is 18.0 Å². The van der Waals surface area contributed by atoms with Gasteiger partial charge in [-0.2, -0.15) is 10.4 Å². The molecule has 1 atom stereocenters. The van der Waals surface area contributed by atoms with Crippen molar-refractivity contribution in [1.29, 1.82) is 5.26 Å². The van der Waals surface area contributed by atoms with E-state index < -0.39 is 35.1 Å². The number of aromatic nitrogens is 3. The highest BCUT2D eigenvalue weighted by molar-refractivity contribution is 6.08. The molecule has 236 valence electrons. The Morgan fingerprint density at radius 2 is 1.82 bits per heavy atom. The minimum Gasteiger partial charge on any atom is -0.444 e. The zero-order valence-corrected chi connectivity index (χ0v) is 26.2. The summed E-state index contributed by atoms with van der Waals surface area (Å²) in [5.41, 5.74) is -0.678. The van der Waals surface area contributed by atoms with E-state index in [1.807, 2.05) is 11.0 Å². The summed E-state index contributed by atoms with van der Waals surface area (Å²) in [5.74, 6) is -0.686. The predicted octanol–water partition coefficient (Wildman–Crippen LogP) is 5.33. The van der Waals surface area contributed by atoms with E-state index in [2.05, 4.69) is 10.3 Å². The van der Waals surface area contributed by atoms with Gasteiger partial charge in [-0.15, -0.1) is 0 Å². The van der Waals surface area contributed by atoms with Crippen molar-refractivity contribution >= 4 is 23.9 Å². The van der Waals surface area contributed by atoms with E-state index in [0.717, 1.165) is 17.7 Å². The van der Waals surface area contributed by atoms with Crippen LogP contribution in [0.15, 0.2) is 36.5 Å². The Morgan fingerprint density at radius 1 is 1.09 bits per heavy atom. The number of carbonyl (C=O) groups excluding carboxylic acids is 3. The number of piperidine rings is 1. The third-order valence-corrected chi connectivity index (χ3v) is 7.13. The van der Waals surface area contributed by atoms with Crippen molar-refractivity contribution < 1.29 is 28.2 Å². The number of rotatable bonds is 4. The number of anilines is 1. The Bertz CT molecular complexity index is 1700. The van der Waals surface area contributed by atoms with Gasteiger partial charge in [-0.1, -0.05) is 6.07 Å². The van der Waals surface area contributed by atoms with Crippen LogP contribution in [0.4, 0.5) is 19.8 Å². The van der Waals surface area contributed by atoms with Crippen LogP contribution in [0.5, 0.6) is 0 Å². The fraction of sp³-hybridized carbons (Fsp3) is 0.438. The lowest BCUT2D eigenvalue weighted by molar-refractivity contribution is 0.0246. The number of alkyl carbamates (subject to hydrolysis) is 1. The van der Waals surface area contributed by atoms with Crippen LogP contribution in [0.1, 0.15) is 76.0 Å². The van der Waals surface area contributed by atoms with Gasteiger partial charge >= 0.3 is 12.2 Å². The molecule has 2 aromatic heterocycles. The minimum atomic E-state index is -0.843. The average molecular weight is 618 g/mol. The number of amides is 3. The number of halogens is 1. The Morgan fingerprint density at radius 3 is 2.51 bits per heavy atom. The highest BCUT2D eigenvalue weighted by Crippen LogP contribution is 2.34. The number of hydrogen-bond donors (Lipinski definition) is 1. The van der Waals surface area contributed by atoms with E-state index >= 15 is 4.39 Å². The zero-order chi connectivity index (χ0) is 32.7. The summed E-state index contributed by atoms with van der Waals surface area (Å²) in [6, 6.07) is 9.25. The fourth-order valence-corrected chi connectivity index (χ4v) is 5.33. The summed E-state index contributed by atoms with van der Waals surface area (Å²) in [5, 5.41) is 17.4. The van der Waals surface area contributed by atoms with Gasteiger partial charge in [0.05, 0.1) is 46.4 Å². The van der Waals surface area contributed by atoms with E-state index in [9.17, 15) is 19.6 Å². The second kappa shape index (κ2) is 11.8. The lowest BCUT2D eigenvalue weighted by Gasteiger charge is -2.33. The van der Waals surface area contributed by atoms with Crippen molar-refractivity contribution in [3.8, 4) is 23.0 Å². The number of nitrogens with one attached hydrogen (secondary N) is 1. The number of nitriles is 1. The largest absolute Gasteiger partial charge is 0.444 e. The molecule has 13 heteroatoms. The molecule has 2 aliphatic rings. The monoisotopic (exact) mass is 617 g/mol. The maximum atomic E-state index is 15.1. The average Bonchev–Trinajstić information content (AvgIpc) is 3.56. The van der Waals surface area contributed by atoms with Crippen LogP contribution in [0.3, 0.4) is 0 Å². The fourth-order valence-electron chi connectivity index (χ4n) is 5.33. The molecule has 0 saturated carbocycles. The molecule has 2 aliphatic heterocycles. The number of ether oxygens (including phenoxy) is 2. The number of benzene rings is 1. The molecular weight excluding hydrogens is 581 g/mol. The van der Waals surface area contributed by atoms with Gasteiger partial charge in [-0.3, -0.25) is 4.79 Å². The molecule has 0 aliphatic carbocycles. The van der Waals surface area contributed by atoms with E-state index in [1.54, 1.807) is 53.8 Å². The lowest BCUT2D eigenvalue weighted by atomic mass is 10.0. The van der Waals surface area contributed by atoms with Gasteiger partial charge in [-0.05, 0) is 72.6 Å². The van der Waals surface area contributed by atoms with Crippen molar-refractivity contribution in [3.63, 3.8) is 0 Å². The summed E-state index contributed by atoms with van der Waals surface area (Å²) < 4.78 is 27.5. The quantitative estimate of drug-likeness (QED) is 0.411. The molecule has 4 heterocycles. The van der Waals surface area contributed by atoms with Gasteiger partial charge in [0.15, 0.2) is 5.82 Å². The Hall–Kier alpha value is -4.99. The third kappa shape index (κ3) is 6.90. The molecule has 1 fully saturated rings. The summed E-state index contributed by atoms with van der Waals surface area (Å²) in [6.45, 7) is 11.5. The first-order valence-corrected chi connectivity index (χ1v) is 14.7. The van der Waals surface area contributed by atoms with E-state index in [0.29, 0.717) is 18.9 Å². The van der Waals surface area contributed by atoms with Gasteiger partial charge in [0.25, 0.3) is 5.91 Å². The first-order chi connectivity index (χ1) is 21.1. The smallest absolute Gasteiger partial charge is 0.417 e. The number of imide groups is 1. The number of nitrogens with zero attached hydrogens (tertiary/aromatic N) is 6. The zero-order valence-electron chi connectivity index (χ0n) is 26.2. The van der Waals surface area contributed by atoms with Crippen LogP contribution >= 0.6 is 0 Å². The number of carbonyl (C=O) groups is 3. The second-order valence-electron chi connectivity index (χ2n) is 13.0. The molecule has 0 bridgehead atoms. The number of hydrogen-bond acceptors (Lipinski definition) is 9. The number of pyridine rings is 1. The first kappa shape index (κ1) is 31.4. The molecule has 0 radical (unpaired) electrons. The van der Waals surface area contributed by atoms with Crippen molar-refractivity contribution in [2.45, 2.75) is 78.2 Å². The topological polar surface area (TPSA) is 143 Å². The van der Waals surface area contributed by atoms with Gasteiger partial charge in [0.2, 0.25) is 0 Å². The number of fused-ring (bicyclic) bond motifs is 1. The van der Waals surface area contributed by atoms with Crippen LogP contribution in [0.25, 0.3) is 16.9 Å². The minimum absolute atomic E-state index is 0.0216. The molecule has 12 nitrogen and oxygen atoms in total. The van der Waals surface area contributed by atoms with E-state index in [-0.39, 0.29) is 46.4 Å². The van der Waals surface area contributed by atoms with Crippen molar-refractivity contribution in [2.24, 2.45) is 0 Å². The summed E-state index contributed by atoms with van der Waals surface area (Å²) in [6.07, 6.45) is 1.92. The maximum Gasteiger partial charge on any atom is 0.417 e. The summed E-state index contributed by atoms with van der Waals surface area (Å²) >= 11 is 0. The normalized spacial score (nSPS) is 16.7. The van der Waals surface area contributed by atoms with E-state index in [1.165, 1.54) is 28.9 Å². The highest BCUT2D eigenvalue weighted by atomic mass is 19.1. The van der Waals surface area contributed by atoms with Crippen molar-refractivity contribution in [1.82, 2.24) is 25.0 Å². The SMILES string of the molecule is CC(C)(C)OC(=O)NC1CCCN(c2ccn(-c3cc(-c4c(F)cccc4C#N)nc4c3C(=O)N(C(=O)OC(C)(C)C)C4)n2)C1. The molecule has 3 amide bonds. The predicted molar refractivity (Wildman–Crippen MR) is 162 cm³/mol. The van der Waals surface area contributed by atoms with Crippen LogP contribution in [0, 0.1) is 17.1 Å². The Kier molecular flexibility index (Phi) is 8.27. The molecule has 5 rings (SSSR count). The third-order valence-electron chi connectivity index (χ3n) is 7.13. The molecule has 45 heavy (non-hydrogen) atoms. The lowest BCUT2D eigenvalue weighted by Crippen LogP contribution is -2.49. The molecule has 3 aromatic rings. The van der Waals surface area contributed by atoms with Crippen molar-refractivity contribution in [3.05, 3.63) is 59.2 Å². The Balaban J connectivity index is 1.51. The van der Waals surface area contributed by atoms with Gasteiger partial charge in [0.1, 0.15) is 17.0 Å². The molecule has 1 saturated heterocycles. The van der Waals surface area contributed by atoms with Gasteiger partial charge in [-0.25, -0.2) is 28.5 Å². The van der Waals surface area contributed by atoms with Crippen LogP contribution < -0.4 is 10.2 Å². The first-order valence-electron chi connectivity index (χ1n) is 14.7. The molecular formula is C32H36FN7O5. The molecule has 1 aromatic carbocycles. The van der Waals surface area contributed by atoms with Crippen LogP contribution in [-0.4, -0.2) is 68.1 Å². The van der Waals surface area contributed by atoms with Crippen LogP contribution in [-0.2, 0) is 16.0 Å². The van der Waals surface area contributed by atoms with Gasteiger partial charge < -0.3 is 19.7 Å². The van der Waals surface area contributed by atoms with E-state index in [4.69, 9.17) is 14.6 Å². The molecule has 0 spiro atoms. The van der Waals surface area contributed by atoms with Gasteiger partial charge in [0, 0.05) is 31.4 Å². The summed E-state index contributed by atoms with van der Waals surface area (Å²) in [4.78, 5) is 46.5. The standard InChI is InChI=1S/C32H36FN7O5/c1-31(2,3)44-29(42)35-20-10-8-13-38(17-20)25-12-14-40(37-25)24-15-22(26-19(16-34)9-7-11-21(26)33)36-23-18-39(28(41)27(23)24)30(43)45-32(4,5)6/h7,9,11-12,14-15,20H,8,10,13,17-18H2,1-6H3,(H,35,42). The molecule has 1 N–H and O–H groups in total. The maximum absolute atomic E-state index is 15.1. The van der Waals surface area contributed by atoms with Crippen LogP contribution in [0.2, 0.25) is 0 Å². The Labute approximate surface area is 260 Å². The summed E-state index contributed by atoms with van der Waals surface area (Å²) in [7, 11) is 0.